The summed E-state index contributed by atoms with van der Waals surface area (Å²) in [4.78, 5) is 18.5. The highest BCUT2D eigenvalue weighted by Gasteiger charge is 2.09. The minimum absolute atomic E-state index is 0.00515. The second-order valence-corrected chi connectivity index (χ2v) is 7.80. The van der Waals surface area contributed by atoms with Crippen LogP contribution in [0.2, 0.25) is 0 Å². The third-order valence-electron chi connectivity index (χ3n) is 5.15. The lowest BCUT2D eigenvalue weighted by atomic mass is 10.1. The van der Waals surface area contributed by atoms with Gasteiger partial charge in [0.2, 0.25) is 0 Å². The van der Waals surface area contributed by atoms with Gasteiger partial charge < -0.3 is 20.1 Å². The molecule has 3 rings (SSSR count). The van der Waals surface area contributed by atoms with E-state index in [1.165, 1.54) is 0 Å². The van der Waals surface area contributed by atoms with E-state index < -0.39 is 0 Å². The number of nitrogens with zero attached hydrogens (tertiary/aromatic N) is 5. The molecular formula is C24H31N7O. The zero-order valence-electron chi connectivity index (χ0n) is 19.2. The molecule has 8 nitrogen and oxygen atoms in total. The van der Waals surface area contributed by atoms with Crippen LogP contribution in [0.1, 0.15) is 33.1 Å². The van der Waals surface area contributed by atoms with Crippen LogP contribution in [0.5, 0.6) is 0 Å². The molecule has 0 fully saturated rings. The molecule has 3 aromatic rings. The van der Waals surface area contributed by atoms with Crippen LogP contribution < -0.4 is 10.6 Å². The van der Waals surface area contributed by atoms with Crippen molar-refractivity contribution in [1.82, 2.24) is 30.3 Å². The van der Waals surface area contributed by atoms with Crippen molar-refractivity contribution in [2.75, 3.05) is 20.6 Å². The van der Waals surface area contributed by atoms with Crippen LogP contribution >= 0.6 is 0 Å². The Labute approximate surface area is 189 Å². The second-order valence-electron chi connectivity index (χ2n) is 7.80. The molecule has 0 atom stereocenters. The average molecular weight is 434 g/mol. The monoisotopic (exact) mass is 433 g/mol. The van der Waals surface area contributed by atoms with Gasteiger partial charge in [-0.15, -0.1) is 10.2 Å². The molecule has 0 aliphatic carbocycles. The van der Waals surface area contributed by atoms with Crippen molar-refractivity contribution in [3.8, 4) is 0 Å². The molecule has 32 heavy (non-hydrogen) atoms. The van der Waals surface area contributed by atoms with Crippen LogP contribution in [0.15, 0.2) is 59.6 Å². The van der Waals surface area contributed by atoms with E-state index in [0.29, 0.717) is 31.2 Å². The van der Waals surface area contributed by atoms with Crippen molar-refractivity contribution in [2.24, 2.45) is 12.0 Å². The Morgan fingerprint density at radius 1 is 1.03 bits per heavy atom. The van der Waals surface area contributed by atoms with Crippen LogP contribution in [0.3, 0.4) is 0 Å². The Kier molecular flexibility index (Phi) is 7.96. The number of aliphatic imine (C=N–C) groups is 1. The number of aromatic nitrogens is 3. The van der Waals surface area contributed by atoms with Crippen LogP contribution in [0.25, 0.3) is 0 Å². The predicted octanol–water partition coefficient (Wildman–Crippen LogP) is 2.30. The van der Waals surface area contributed by atoms with E-state index in [1.807, 2.05) is 61.0 Å². The molecule has 0 bridgehead atoms. The zero-order valence-corrected chi connectivity index (χ0v) is 19.2. The molecule has 1 heterocycles. The smallest absolute Gasteiger partial charge is 0.253 e. The van der Waals surface area contributed by atoms with E-state index in [0.717, 1.165) is 29.2 Å². The van der Waals surface area contributed by atoms with Gasteiger partial charge in [-0.3, -0.25) is 4.79 Å². The first-order valence-electron chi connectivity index (χ1n) is 10.7. The summed E-state index contributed by atoms with van der Waals surface area (Å²) in [7, 11) is 5.47. The zero-order chi connectivity index (χ0) is 22.9. The van der Waals surface area contributed by atoms with Gasteiger partial charge in [-0.25, -0.2) is 4.99 Å². The maximum Gasteiger partial charge on any atom is 0.253 e. The number of carbonyl (C=O) groups is 1. The maximum absolute atomic E-state index is 12.2. The molecule has 8 heteroatoms. The van der Waals surface area contributed by atoms with Gasteiger partial charge in [0.05, 0.1) is 13.1 Å². The minimum atomic E-state index is 0.00515. The fraction of sp³-hybridized carbons (Fsp3) is 0.333. The minimum Gasteiger partial charge on any atom is -0.356 e. The quantitative estimate of drug-likeness (QED) is 0.420. The third-order valence-corrected chi connectivity index (χ3v) is 5.15. The summed E-state index contributed by atoms with van der Waals surface area (Å²) in [5.74, 6) is 2.41. The summed E-state index contributed by atoms with van der Waals surface area (Å²) in [5, 5.41) is 15.1. The molecular weight excluding hydrogens is 402 g/mol. The van der Waals surface area contributed by atoms with Crippen molar-refractivity contribution < 1.29 is 4.79 Å². The first kappa shape index (κ1) is 23.0. The summed E-state index contributed by atoms with van der Waals surface area (Å²) in [6.45, 7) is 3.69. The Morgan fingerprint density at radius 3 is 2.47 bits per heavy atom. The van der Waals surface area contributed by atoms with Crippen molar-refractivity contribution in [3.05, 3.63) is 82.9 Å². The molecule has 2 aromatic carbocycles. The number of rotatable bonds is 8. The molecule has 0 radical (unpaired) electrons. The van der Waals surface area contributed by atoms with Gasteiger partial charge in [0.1, 0.15) is 5.82 Å². The maximum atomic E-state index is 12.2. The van der Waals surface area contributed by atoms with Crippen LogP contribution in [0.4, 0.5) is 0 Å². The number of nitrogens with one attached hydrogen (secondary N) is 2. The lowest BCUT2D eigenvalue weighted by Crippen LogP contribution is -2.38. The lowest BCUT2D eigenvalue weighted by molar-refractivity contribution is 0.0827. The number of hydrogen-bond donors (Lipinski definition) is 2. The molecule has 0 aliphatic heterocycles. The summed E-state index contributed by atoms with van der Waals surface area (Å²) < 4.78 is 1.95. The Bertz CT molecular complexity index is 1060. The van der Waals surface area contributed by atoms with Crippen LogP contribution in [-0.4, -0.2) is 52.2 Å². The van der Waals surface area contributed by atoms with E-state index in [4.69, 9.17) is 4.99 Å². The summed E-state index contributed by atoms with van der Waals surface area (Å²) >= 11 is 0. The van der Waals surface area contributed by atoms with Gasteiger partial charge in [-0.05, 0) is 36.6 Å². The van der Waals surface area contributed by atoms with Crippen molar-refractivity contribution >= 4 is 11.9 Å². The SMILES string of the molecule is Cc1nnc(CNC(=NCc2ccccc2)NCCc2cccc(C(=O)N(C)C)c2)n1C. The first-order valence-corrected chi connectivity index (χ1v) is 10.7. The number of carbonyl (C=O) groups excluding carboxylic acids is 1. The molecule has 2 N–H and O–H groups in total. The van der Waals surface area contributed by atoms with E-state index in [2.05, 4.69) is 33.0 Å². The standard InChI is InChI=1S/C24H31N7O/c1-18-28-29-22(31(18)4)17-27-24(26-16-20-9-6-5-7-10-20)25-14-13-19-11-8-12-21(15-19)23(32)30(2)3/h5-12,15H,13-14,16-17H2,1-4H3,(H2,25,26,27). The molecule has 168 valence electrons. The topological polar surface area (TPSA) is 87.4 Å². The predicted molar refractivity (Wildman–Crippen MR) is 126 cm³/mol. The summed E-state index contributed by atoms with van der Waals surface area (Å²) in [6, 6.07) is 17.9. The van der Waals surface area contributed by atoms with Crippen molar-refractivity contribution in [1.29, 1.82) is 0 Å². The summed E-state index contributed by atoms with van der Waals surface area (Å²) in [6.07, 6.45) is 0.768. The highest BCUT2D eigenvalue weighted by molar-refractivity contribution is 5.94. The van der Waals surface area contributed by atoms with Gasteiger partial charge in [-0.1, -0.05) is 42.5 Å². The van der Waals surface area contributed by atoms with E-state index >= 15 is 0 Å². The van der Waals surface area contributed by atoms with Gasteiger partial charge in [0.15, 0.2) is 11.8 Å². The summed E-state index contributed by atoms with van der Waals surface area (Å²) in [5.41, 5.74) is 2.93. The first-order chi connectivity index (χ1) is 15.4. The lowest BCUT2D eigenvalue weighted by Gasteiger charge is -2.14. The van der Waals surface area contributed by atoms with Crippen LogP contribution in [-0.2, 0) is 26.6 Å². The number of aryl methyl sites for hydroxylation is 1. The molecule has 1 amide bonds. The highest BCUT2D eigenvalue weighted by atomic mass is 16.2. The van der Waals surface area contributed by atoms with Gasteiger partial charge in [0.25, 0.3) is 5.91 Å². The fourth-order valence-corrected chi connectivity index (χ4v) is 3.14. The Balaban J connectivity index is 1.63. The Hall–Kier alpha value is -3.68. The number of amides is 1. The molecule has 0 aliphatic rings. The molecule has 0 spiro atoms. The second kappa shape index (κ2) is 11.1. The van der Waals surface area contributed by atoms with E-state index in [-0.39, 0.29) is 5.91 Å². The number of hydrogen-bond acceptors (Lipinski definition) is 4. The van der Waals surface area contributed by atoms with Gasteiger partial charge >= 0.3 is 0 Å². The van der Waals surface area contributed by atoms with Crippen LogP contribution in [0, 0.1) is 6.92 Å². The Morgan fingerprint density at radius 2 is 1.78 bits per heavy atom. The fourth-order valence-electron chi connectivity index (χ4n) is 3.14. The molecule has 0 unspecified atom stereocenters. The van der Waals surface area contributed by atoms with Crippen molar-refractivity contribution in [2.45, 2.75) is 26.4 Å². The molecule has 0 saturated carbocycles. The number of benzene rings is 2. The van der Waals surface area contributed by atoms with E-state index in [1.54, 1.807) is 19.0 Å². The highest BCUT2D eigenvalue weighted by Crippen LogP contribution is 2.08. The van der Waals surface area contributed by atoms with Gasteiger partial charge in [0, 0.05) is 33.3 Å². The molecule has 0 saturated heterocycles. The average Bonchev–Trinajstić information content (AvgIpc) is 3.13. The molecule has 1 aromatic heterocycles. The normalized spacial score (nSPS) is 11.3. The van der Waals surface area contributed by atoms with E-state index in [9.17, 15) is 4.79 Å². The largest absolute Gasteiger partial charge is 0.356 e. The van der Waals surface area contributed by atoms with Gasteiger partial charge in [-0.2, -0.15) is 0 Å². The van der Waals surface area contributed by atoms with Crippen molar-refractivity contribution in [3.63, 3.8) is 0 Å². The third kappa shape index (κ3) is 6.41. The number of guanidine groups is 1.